The predicted octanol–water partition coefficient (Wildman–Crippen LogP) is 0.846. The summed E-state index contributed by atoms with van der Waals surface area (Å²) in [6, 6.07) is 1.93. The van der Waals surface area contributed by atoms with E-state index in [2.05, 4.69) is 5.32 Å². The number of ether oxygens (including phenoxy) is 1. The largest absolute Gasteiger partial charge is 0.461 e. The molecule has 0 aliphatic carbocycles. The summed E-state index contributed by atoms with van der Waals surface area (Å²) in [4.78, 5) is 11.9. The molecule has 1 aliphatic rings. The van der Waals surface area contributed by atoms with Crippen molar-refractivity contribution in [1.29, 1.82) is 0 Å². The van der Waals surface area contributed by atoms with Crippen LogP contribution in [0.5, 0.6) is 0 Å². The average Bonchev–Trinajstić information content (AvgIpc) is 2.73. The second-order valence-corrected chi connectivity index (χ2v) is 4.27. The normalized spacial score (nSPS) is 17.0. The average molecular weight is 237 g/mol. The summed E-state index contributed by atoms with van der Waals surface area (Å²) >= 11 is 0. The monoisotopic (exact) mass is 237 g/mol. The van der Waals surface area contributed by atoms with Gasteiger partial charge in [0.05, 0.1) is 6.61 Å². The summed E-state index contributed by atoms with van der Waals surface area (Å²) in [5.41, 5.74) is 1.52. The molecule has 0 unspecified atom stereocenters. The molecule has 2 rings (SSSR count). The van der Waals surface area contributed by atoms with E-state index in [0.717, 1.165) is 31.5 Å². The van der Waals surface area contributed by atoms with E-state index in [1.54, 1.807) is 13.1 Å². The van der Waals surface area contributed by atoms with E-state index in [1.165, 1.54) is 4.68 Å². The molecule has 0 atom stereocenters. The van der Waals surface area contributed by atoms with Gasteiger partial charge in [0.15, 0.2) is 5.69 Å². The third-order valence-corrected chi connectivity index (χ3v) is 3.19. The number of esters is 1. The zero-order valence-corrected chi connectivity index (χ0v) is 10.1. The number of carbonyl (C=O) groups is 1. The van der Waals surface area contributed by atoms with Crippen LogP contribution < -0.4 is 11.2 Å². The lowest BCUT2D eigenvalue weighted by Gasteiger charge is -2.23. The van der Waals surface area contributed by atoms with Gasteiger partial charge >= 0.3 is 5.97 Å². The Morgan fingerprint density at radius 2 is 2.29 bits per heavy atom. The molecule has 0 saturated carbocycles. The van der Waals surface area contributed by atoms with Crippen LogP contribution in [-0.4, -0.2) is 30.3 Å². The van der Waals surface area contributed by atoms with Gasteiger partial charge in [-0.05, 0) is 50.4 Å². The Morgan fingerprint density at radius 1 is 1.59 bits per heavy atom. The zero-order chi connectivity index (χ0) is 12.3. The molecule has 2 heterocycles. The van der Waals surface area contributed by atoms with Crippen LogP contribution in [0.3, 0.4) is 0 Å². The fourth-order valence-electron chi connectivity index (χ4n) is 2.35. The van der Waals surface area contributed by atoms with Crippen LogP contribution in [0.15, 0.2) is 12.3 Å². The lowest BCUT2D eigenvalue weighted by Crippen LogP contribution is -2.28. The third kappa shape index (κ3) is 2.44. The van der Waals surface area contributed by atoms with Crippen LogP contribution in [0.25, 0.3) is 0 Å². The molecule has 1 aromatic rings. The molecule has 0 spiro atoms. The third-order valence-electron chi connectivity index (χ3n) is 3.19. The first-order valence-corrected chi connectivity index (χ1v) is 6.08. The maximum Gasteiger partial charge on any atom is 0.357 e. The van der Waals surface area contributed by atoms with Gasteiger partial charge in [-0.15, -0.1) is 0 Å². The number of nitrogens with one attached hydrogen (secondary N) is 1. The van der Waals surface area contributed by atoms with E-state index in [4.69, 9.17) is 10.6 Å². The Bertz CT molecular complexity index is 394. The Labute approximate surface area is 101 Å². The van der Waals surface area contributed by atoms with Crippen LogP contribution in [-0.2, 0) is 4.74 Å². The second-order valence-electron chi connectivity index (χ2n) is 4.27. The molecule has 1 saturated heterocycles. The van der Waals surface area contributed by atoms with Crippen LogP contribution in [0, 0.1) is 0 Å². The summed E-state index contributed by atoms with van der Waals surface area (Å²) in [5.74, 6) is 5.86. The lowest BCUT2D eigenvalue weighted by atomic mass is 9.90. The number of nitrogen functional groups attached to an aromatic ring is 1. The molecular weight excluding hydrogens is 218 g/mol. The number of nitrogens with two attached hydrogens (primary N) is 1. The standard InChI is InChI=1S/C12H19N3O2/c1-2-17-12(16)11-10(5-8-15(11)13)9-3-6-14-7-4-9/h5,8-9,14H,2-4,6-7,13H2,1H3. The highest BCUT2D eigenvalue weighted by Gasteiger charge is 2.24. The topological polar surface area (TPSA) is 69.3 Å². The van der Waals surface area contributed by atoms with Crippen molar-refractivity contribution in [3.05, 3.63) is 23.5 Å². The first-order chi connectivity index (χ1) is 8.24. The Kier molecular flexibility index (Phi) is 3.68. The van der Waals surface area contributed by atoms with Crippen molar-refractivity contribution in [3.63, 3.8) is 0 Å². The van der Waals surface area contributed by atoms with Crippen LogP contribution in [0.4, 0.5) is 0 Å². The van der Waals surface area contributed by atoms with Gasteiger partial charge in [0, 0.05) is 6.20 Å². The molecular formula is C12H19N3O2. The van der Waals surface area contributed by atoms with E-state index in [9.17, 15) is 4.79 Å². The molecule has 3 N–H and O–H groups in total. The first kappa shape index (κ1) is 12.0. The molecule has 0 aromatic carbocycles. The highest BCUT2D eigenvalue weighted by Crippen LogP contribution is 2.28. The minimum absolute atomic E-state index is 0.325. The Hall–Kier alpha value is -1.49. The molecule has 0 amide bonds. The van der Waals surface area contributed by atoms with E-state index in [0.29, 0.717) is 18.2 Å². The number of rotatable bonds is 3. The molecule has 94 valence electrons. The summed E-state index contributed by atoms with van der Waals surface area (Å²) in [6.07, 6.45) is 3.80. The van der Waals surface area contributed by atoms with Crippen molar-refractivity contribution in [2.24, 2.45) is 0 Å². The molecule has 1 aromatic heterocycles. The number of hydrogen-bond acceptors (Lipinski definition) is 4. The number of piperidine rings is 1. The van der Waals surface area contributed by atoms with Crippen molar-refractivity contribution in [3.8, 4) is 0 Å². The van der Waals surface area contributed by atoms with Gasteiger partial charge in [0.2, 0.25) is 0 Å². The van der Waals surface area contributed by atoms with E-state index < -0.39 is 0 Å². The lowest BCUT2D eigenvalue weighted by molar-refractivity contribution is 0.0514. The molecule has 17 heavy (non-hydrogen) atoms. The minimum Gasteiger partial charge on any atom is -0.461 e. The summed E-state index contributed by atoms with van der Waals surface area (Å²) < 4.78 is 6.41. The smallest absolute Gasteiger partial charge is 0.357 e. The number of carbonyl (C=O) groups excluding carboxylic acids is 1. The maximum atomic E-state index is 11.9. The molecule has 5 heteroatoms. The zero-order valence-electron chi connectivity index (χ0n) is 10.1. The summed E-state index contributed by atoms with van der Waals surface area (Å²) in [6.45, 7) is 4.15. The van der Waals surface area contributed by atoms with Crippen molar-refractivity contribution in [1.82, 2.24) is 9.99 Å². The van der Waals surface area contributed by atoms with E-state index in [-0.39, 0.29) is 5.97 Å². The summed E-state index contributed by atoms with van der Waals surface area (Å²) in [5, 5.41) is 3.31. The first-order valence-electron chi connectivity index (χ1n) is 6.08. The van der Waals surface area contributed by atoms with Gasteiger partial charge in [-0.25, -0.2) is 4.79 Å². The molecule has 0 radical (unpaired) electrons. The fourth-order valence-corrected chi connectivity index (χ4v) is 2.35. The van der Waals surface area contributed by atoms with E-state index >= 15 is 0 Å². The molecule has 0 bridgehead atoms. The predicted molar refractivity (Wildman–Crippen MR) is 65.4 cm³/mol. The Balaban J connectivity index is 2.24. The van der Waals surface area contributed by atoms with Gasteiger partial charge in [0.1, 0.15) is 0 Å². The number of aromatic nitrogens is 1. The van der Waals surface area contributed by atoms with Crippen LogP contribution in [0.2, 0.25) is 0 Å². The molecule has 1 aliphatic heterocycles. The van der Waals surface area contributed by atoms with Crippen molar-refractivity contribution < 1.29 is 9.53 Å². The molecule has 1 fully saturated rings. The fraction of sp³-hybridized carbons (Fsp3) is 0.583. The van der Waals surface area contributed by atoms with Gasteiger partial charge < -0.3 is 15.9 Å². The van der Waals surface area contributed by atoms with Crippen LogP contribution in [0.1, 0.15) is 41.7 Å². The van der Waals surface area contributed by atoms with Gasteiger partial charge in [0.25, 0.3) is 0 Å². The van der Waals surface area contributed by atoms with Crippen molar-refractivity contribution in [2.75, 3.05) is 25.5 Å². The molecule has 5 nitrogen and oxygen atoms in total. The van der Waals surface area contributed by atoms with Crippen molar-refractivity contribution in [2.45, 2.75) is 25.7 Å². The number of nitrogens with zero attached hydrogens (tertiary/aromatic N) is 1. The van der Waals surface area contributed by atoms with Crippen LogP contribution >= 0.6 is 0 Å². The highest BCUT2D eigenvalue weighted by atomic mass is 16.5. The Morgan fingerprint density at radius 3 is 2.94 bits per heavy atom. The SMILES string of the molecule is CCOC(=O)c1c(C2CCNCC2)ccn1N. The van der Waals surface area contributed by atoms with Crippen molar-refractivity contribution >= 4 is 5.97 Å². The maximum absolute atomic E-state index is 11.9. The highest BCUT2D eigenvalue weighted by molar-refractivity contribution is 5.89. The summed E-state index contributed by atoms with van der Waals surface area (Å²) in [7, 11) is 0. The second kappa shape index (κ2) is 5.23. The van der Waals surface area contributed by atoms with Gasteiger partial charge in [-0.2, -0.15) is 0 Å². The van der Waals surface area contributed by atoms with E-state index in [1.807, 2.05) is 6.07 Å². The quantitative estimate of drug-likeness (QED) is 0.604. The van der Waals surface area contributed by atoms with Gasteiger partial charge in [-0.3, -0.25) is 4.68 Å². The van der Waals surface area contributed by atoms with Gasteiger partial charge in [-0.1, -0.05) is 0 Å². The number of hydrogen-bond donors (Lipinski definition) is 2. The minimum atomic E-state index is -0.325.